The molecule has 2 N–H and O–H groups in total. The maximum Gasteiger partial charge on any atom is 0.229 e. The molecule has 0 radical (unpaired) electrons. The predicted octanol–water partition coefficient (Wildman–Crippen LogP) is 3.30. The molecular weight excluding hydrogens is 382 g/mol. The molecule has 28 heavy (non-hydrogen) atoms. The van der Waals surface area contributed by atoms with Crippen molar-refractivity contribution in [2.45, 2.75) is 13.3 Å². The highest BCUT2D eigenvalue weighted by Crippen LogP contribution is 2.30. The van der Waals surface area contributed by atoms with Crippen molar-refractivity contribution >= 4 is 46.4 Å². The van der Waals surface area contributed by atoms with Gasteiger partial charge in [-0.2, -0.15) is 0 Å². The second kappa shape index (κ2) is 8.31. The molecule has 3 rings (SSSR count). The second-order valence-electron chi connectivity index (χ2n) is 6.48. The second-order valence-corrected chi connectivity index (χ2v) is 6.88. The molecule has 0 spiro atoms. The average Bonchev–Trinajstić information content (AvgIpc) is 3.03. The summed E-state index contributed by atoms with van der Waals surface area (Å²) in [6.45, 7) is 1.68. The number of ether oxygens (including phenoxy) is 1. The Morgan fingerprint density at radius 3 is 2.57 bits per heavy atom. The lowest BCUT2D eigenvalue weighted by Gasteiger charge is -2.18. The zero-order chi connectivity index (χ0) is 20.3. The first-order chi connectivity index (χ1) is 13.4. The molecule has 0 aromatic heterocycles. The van der Waals surface area contributed by atoms with Gasteiger partial charge in [-0.1, -0.05) is 17.7 Å². The number of hydrogen-bond acceptors (Lipinski definition) is 4. The third-order valence-corrected chi connectivity index (χ3v) is 4.69. The van der Waals surface area contributed by atoms with Crippen molar-refractivity contribution in [3.8, 4) is 5.75 Å². The topological polar surface area (TPSA) is 87.7 Å². The van der Waals surface area contributed by atoms with Crippen LogP contribution in [0, 0.1) is 5.92 Å². The zero-order valence-corrected chi connectivity index (χ0v) is 16.2. The third-order valence-electron chi connectivity index (χ3n) is 4.39. The highest BCUT2D eigenvalue weighted by molar-refractivity contribution is 6.32. The van der Waals surface area contributed by atoms with E-state index in [1.165, 1.54) is 14.0 Å². The van der Waals surface area contributed by atoms with Crippen molar-refractivity contribution in [2.75, 3.05) is 29.2 Å². The maximum absolute atomic E-state index is 12.6. The van der Waals surface area contributed by atoms with Gasteiger partial charge in [0.25, 0.3) is 0 Å². The van der Waals surface area contributed by atoms with Crippen LogP contribution >= 0.6 is 11.6 Å². The quantitative estimate of drug-likeness (QED) is 0.804. The van der Waals surface area contributed by atoms with Gasteiger partial charge in [-0.3, -0.25) is 14.4 Å². The van der Waals surface area contributed by atoms with E-state index in [0.717, 1.165) is 0 Å². The van der Waals surface area contributed by atoms with Gasteiger partial charge in [-0.15, -0.1) is 0 Å². The molecule has 2 aromatic carbocycles. The lowest BCUT2D eigenvalue weighted by atomic mass is 10.1. The molecule has 3 amide bonds. The SMILES string of the molecule is COc1ccc(NC(=O)[C@H]2CC(=O)N(c3cccc(NC(C)=O)c3)C2)cc1Cl. The standard InChI is InChI=1S/C20H20ClN3O4/c1-12(25)22-14-4-3-5-16(9-14)24-11-13(8-19(24)26)20(27)23-15-6-7-18(28-2)17(21)10-15/h3-7,9-10,13H,8,11H2,1-2H3,(H,22,25)(H,23,27)/t13-/m0/s1. The van der Waals surface area contributed by atoms with Crippen molar-refractivity contribution < 1.29 is 19.1 Å². The van der Waals surface area contributed by atoms with Gasteiger partial charge in [0, 0.05) is 37.0 Å². The first kappa shape index (κ1) is 19.7. The number of anilines is 3. The maximum atomic E-state index is 12.6. The van der Waals surface area contributed by atoms with Crippen LogP contribution in [0.5, 0.6) is 5.75 Å². The van der Waals surface area contributed by atoms with Crippen LogP contribution in [0.25, 0.3) is 0 Å². The van der Waals surface area contributed by atoms with Gasteiger partial charge in [0.2, 0.25) is 17.7 Å². The number of nitrogens with one attached hydrogen (secondary N) is 2. The molecule has 146 valence electrons. The summed E-state index contributed by atoms with van der Waals surface area (Å²) in [5.74, 6) is -0.568. The minimum atomic E-state index is -0.488. The van der Waals surface area contributed by atoms with Crippen LogP contribution in [-0.2, 0) is 14.4 Å². The van der Waals surface area contributed by atoms with Crippen molar-refractivity contribution in [3.63, 3.8) is 0 Å². The summed E-state index contributed by atoms with van der Waals surface area (Å²) in [6.07, 6.45) is 0.111. The van der Waals surface area contributed by atoms with Gasteiger partial charge in [0.1, 0.15) is 5.75 Å². The first-order valence-corrected chi connectivity index (χ1v) is 9.07. The molecule has 0 bridgehead atoms. The first-order valence-electron chi connectivity index (χ1n) is 8.70. The fourth-order valence-corrected chi connectivity index (χ4v) is 3.33. The van der Waals surface area contributed by atoms with Crippen LogP contribution in [0.4, 0.5) is 17.1 Å². The Balaban J connectivity index is 1.69. The molecule has 2 aromatic rings. The van der Waals surface area contributed by atoms with Crippen molar-refractivity contribution in [1.82, 2.24) is 0 Å². The van der Waals surface area contributed by atoms with Gasteiger partial charge in [-0.05, 0) is 36.4 Å². The number of hydrogen-bond donors (Lipinski definition) is 2. The number of rotatable bonds is 5. The molecule has 1 aliphatic rings. The molecule has 0 unspecified atom stereocenters. The summed E-state index contributed by atoms with van der Waals surface area (Å²) in [5, 5.41) is 5.87. The molecule has 7 nitrogen and oxygen atoms in total. The van der Waals surface area contributed by atoms with E-state index in [2.05, 4.69) is 10.6 Å². The highest BCUT2D eigenvalue weighted by atomic mass is 35.5. The number of amides is 3. The fourth-order valence-electron chi connectivity index (χ4n) is 3.08. The summed E-state index contributed by atoms with van der Waals surface area (Å²) in [6, 6.07) is 11.9. The number of methoxy groups -OCH3 is 1. The van der Waals surface area contributed by atoms with E-state index in [1.54, 1.807) is 47.4 Å². The summed E-state index contributed by atoms with van der Waals surface area (Å²) in [4.78, 5) is 37.8. The van der Waals surface area contributed by atoms with Crippen LogP contribution < -0.4 is 20.3 Å². The van der Waals surface area contributed by atoms with E-state index < -0.39 is 5.92 Å². The lowest BCUT2D eigenvalue weighted by molar-refractivity contribution is -0.122. The van der Waals surface area contributed by atoms with Gasteiger partial charge in [0.15, 0.2) is 0 Å². The van der Waals surface area contributed by atoms with Gasteiger partial charge in [-0.25, -0.2) is 0 Å². The smallest absolute Gasteiger partial charge is 0.229 e. The van der Waals surface area contributed by atoms with E-state index in [4.69, 9.17) is 16.3 Å². The normalized spacial score (nSPS) is 16.0. The van der Waals surface area contributed by atoms with Crippen LogP contribution in [0.1, 0.15) is 13.3 Å². The molecule has 1 aliphatic heterocycles. The molecule has 1 atom stereocenters. The Morgan fingerprint density at radius 2 is 1.89 bits per heavy atom. The molecule has 1 saturated heterocycles. The molecule has 1 fully saturated rings. The van der Waals surface area contributed by atoms with Crippen molar-refractivity contribution in [1.29, 1.82) is 0 Å². The predicted molar refractivity (Wildman–Crippen MR) is 108 cm³/mol. The van der Waals surface area contributed by atoms with Crippen LogP contribution in [0.15, 0.2) is 42.5 Å². The van der Waals surface area contributed by atoms with E-state index in [9.17, 15) is 14.4 Å². The number of halogens is 1. The van der Waals surface area contributed by atoms with E-state index in [1.807, 2.05) is 0 Å². The highest BCUT2D eigenvalue weighted by Gasteiger charge is 2.35. The number of carbonyl (C=O) groups is 3. The van der Waals surface area contributed by atoms with Crippen molar-refractivity contribution in [3.05, 3.63) is 47.5 Å². The summed E-state index contributed by atoms with van der Waals surface area (Å²) < 4.78 is 5.09. The van der Waals surface area contributed by atoms with E-state index >= 15 is 0 Å². The Hall–Kier alpha value is -3.06. The lowest BCUT2D eigenvalue weighted by Crippen LogP contribution is -2.28. The largest absolute Gasteiger partial charge is 0.495 e. The Morgan fingerprint density at radius 1 is 1.14 bits per heavy atom. The summed E-state index contributed by atoms with van der Waals surface area (Å²) in [5.41, 5.74) is 1.77. The zero-order valence-electron chi connectivity index (χ0n) is 15.5. The van der Waals surface area contributed by atoms with Crippen LogP contribution in [0.2, 0.25) is 5.02 Å². The Bertz CT molecular complexity index is 931. The van der Waals surface area contributed by atoms with E-state index in [-0.39, 0.29) is 30.7 Å². The van der Waals surface area contributed by atoms with Gasteiger partial charge < -0.3 is 20.3 Å². The number of carbonyl (C=O) groups excluding carboxylic acids is 3. The average molecular weight is 402 g/mol. The molecule has 8 heteroatoms. The third kappa shape index (κ3) is 4.43. The Labute approximate surface area is 167 Å². The van der Waals surface area contributed by atoms with E-state index in [0.29, 0.717) is 27.8 Å². The van der Waals surface area contributed by atoms with Crippen molar-refractivity contribution in [2.24, 2.45) is 5.92 Å². The molecule has 1 heterocycles. The minimum absolute atomic E-state index is 0.111. The number of benzene rings is 2. The van der Waals surface area contributed by atoms with Gasteiger partial charge >= 0.3 is 0 Å². The molecule has 0 saturated carbocycles. The summed E-state index contributed by atoms with van der Waals surface area (Å²) >= 11 is 6.08. The minimum Gasteiger partial charge on any atom is -0.495 e. The Kier molecular flexibility index (Phi) is 5.84. The van der Waals surface area contributed by atoms with Crippen LogP contribution in [0.3, 0.4) is 0 Å². The van der Waals surface area contributed by atoms with Gasteiger partial charge in [0.05, 0.1) is 18.1 Å². The van der Waals surface area contributed by atoms with Crippen LogP contribution in [-0.4, -0.2) is 31.4 Å². The molecular formula is C20H20ClN3O4. The fraction of sp³-hybridized carbons (Fsp3) is 0.250. The monoisotopic (exact) mass is 401 g/mol. The number of nitrogens with zero attached hydrogens (tertiary/aromatic N) is 1. The summed E-state index contributed by atoms with van der Waals surface area (Å²) in [7, 11) is 1.51. The molecule has 0 aliphatic carbocycles.